The Hall–Kier alpha value is -2.15. The van der Waals surface area contributed by atoms with Crippen LogP contribution in [-0.2, 0) is 0 Å². The van der Waals surface area contributed by atoms with E-state index in [2.05, 4.69) is 0 Å². The molecule has 0 spiro atoms. The van der Waals surface area contributed by atoms with Gasteiger partial charge in [0.15, 0.2) is 0 Å². The summed E-state index contributed by atoms with van der Waals surface area (Å²) in [6.07, 6.45) is 1.82. The summed E-state index contributed by atoms with van der Waals surface area (Å²) in [5.41, 5.74) is 11.5. The molecular formula is C12H16N4O3. The van der Waals surface area contributed by atoms with E-state index in [1.807, 2.05) is 4.90 Å². The number of hydrogen-bond acceptors (Lipinski definition) is 5. The van der Waals surface area contributed by atoms with Gasteiger partial charge in [0, 0.05) is 30.8 Å². The van der Waals surface area contributed by atoms with Crippen molar-refractivity contribution in [2.45, 2.75) is 18.9 Å². The van der Waals surface area contributed by atoms with E-state index in [4.69, 9.17) is 11.5 Å². The molecule has 1 saturated heterocycles. The smallest absolute Gasteiger partial charge is 0.293 e. The first-order chi connectivity index (χ1) is 8.99. The summed E-state index contributed by atoms with van der Waals surface area (Å²) in [6, 6.07) is 4.31. The van der Waals surface area contributed by atoms with Gasteiger partial charge in [-0.15, -0.1) is 0 Å². The Labute approximate surface area is 110 Å². The lowest BCUT2D eigenvalue weighted by molar-refractivity contribution is -0.384. The number of primary amides is 1. The summed E-state index contributed by atoms with van der Waals surface area (Å²) in [7, 11) is 0. The Morgan fingerprint density at radius 1 is 1.47 bits per heavy atom. The molecule has 1 aliphatic rings. The molecule has 102 valence electrons. The number of carbonyl (C=O) groups is 1. The van der Waals surface area contributed by atoms with Gasteiger partial charge in [-0.3, -0.25) is 14.9 Å². The Morgan fingerprint density at radius 3 is 2.79 bits per heavy atom. The van der Waals surface area contributed by atoms with Gasteiger partial charge in [0.25, 0.3) is 5.69 Å². The summed E-state index contributed by atoms with van der Waals surface area (Å²) in [5, 5.41) is 11.1. The SMILES string of the molecule is NC(=O)c1ccc(N2CCCC(N)C2)c([N+](=O)[O-])c1. The maximum atomic E-state index is 11.1. The molecule has 0 bridgehead atoms. The summed E-state index contributed by atoms with van der Waals surface area (Å²) < 4.78 is 0. The largest absolute Gasteiger partial charge is 0.366 e. The number of anilines is 1. The van der Waals surface area contributed by atoms with Crippen LogP contribution in [-0.4, -0.2) is 30.0 Å². The minimum absolute atomic E-state index is 0.0178. The standard InChI is InChI=1S/C12H16N4O3/c13-9-2-1-5-15(7-9)10-4-3-8(12(14)17)6-11(10)16(18)19/h3-4,6,9H,1-2,5,7,13H2,(H2,14,17). The fraction of sp³-hybridized carbons (Fsp3) is 0.417. The van der Waals surface area contributed by atoms with Gasteiger partial charge in [0.2, 0.25) is 5.91 Å². The summed E-state index contributed by atoms with van der Waals surface area (Å²) >= 11 is 0. The molecule has 7 heteroatoms. The normalized spacial score (nSPS) is 19.2. The number of nitrogens with zero attached hydrogens (tertiary/aromatic N) is 2. The summed E-state index contributed by atoms with van der Waals surface area (Å²) in [5.74, 6) is -0.676. The maximum absolute atomic E-state index is 11.1. The lowest BCUT2D eigenvalue weighted by Crippen LogP contribution is -2.43. The van der Waals surface area contributed by atoms with E-state index in [-0.39, 0.29) is 17.3 Å². The minimum atomic E-state index is -0.676. The highest BCUT2D eigenvalue weighted by Gasteiger charge is 2.24. The van der Waals surface area contributed by atoms with Crippen LogP contribution in [0.25, 0.3) is 0 Å². The fourth-order valence-electron chi connectivity index (χ4n) is 2.32. The number of nitro benzene ring substituents is 1. The molecule has 2 rings (SSSR count). The highest BCUT2D eigenvalue weighted by Crippen LogP contribution is 2.31. The van der Waals surface area contributed by atoms with Crippen molar-refractivity contribution in [3.05, 3.63) is 33.9 Å². The fourth-order valence-corrected chi connectivity index (χ4v) is 2.32. The first-order valence-corrected chi connectivity index (χ1v) is 6.08. The van der Waals surface area contributed by atoms with Crippen molar-refractivity contribution < 1.29 is 9.72 Å². The Morgan fingerprint density at radius 2 is 2.21 bits per heavy atom. The third kappa shape index (κ3) is 2.82. The quantitative estimate of drug-likeness (QED) is 0.613. The molecule has 0 saturated carbocycles. The Bertz CT molecular complexity index is 518. The predicted molar refractivity (Wildman–Crippen MR) is 71.0 cm³/mol. The van der Waals surface area contributed by atoms with Crippen LogP contribution in [0.2, 0.25) is 0 Å². The van der Waals surface area contributed by atoms with Crippen molar-refractivity contribution >= 4 is 17.3 Å². The molecule has 0 aromatic heterocycles. The van der Waals surface area contributed by atoms with Gasteiger partial charge in [0.05, 0.1) is 4.92 Å². The second-order valence-corrected chi connectivity index (χ2v) is 4.67. The van der Waals surface area contributed by atoms with E-state index in [0.29, 0.717) is 12.2 Å². The van der Waals surface area contributed by atoms with E-state index in [9.17, 15) is 14.9 Å². The highest BCUT2D eigenvalue weighted by molar-refractivity contribution is 5.94. The van der Waals surface area contributed by atoms with Crippen molar-refractivity contribution in [3.63, 3.8) is 0 Å². The number of piperidine rings is 1. The maximum Gasteiger partial charge on any atom is 0.293 e. The molecule has 1 aliphatic heterocycles. The van der Waals surface area contributed by atoms with Crippen molar-refractivity contribution in [1.29, 1.82) is 0 Å². The number of rotatable bonds is 3. The molecule has 1 unspecified atom stereocenters. The van der Waals surface area contributed by atoms with Crippen LogP contribution in [0.5, 0.6) is 0 Å². The van der Waals surface area contributed by atoms with Crippen molar-refractivity contribution in [3.8, 4) is 0 Å². The number of benzene rings is 1. The van der Waals surface area contributed by atoms with Crippen LogP contribution in [0.15, 0.2) is 18.2 Å². The number of nitro groups is 1. The zero-order valence-electron chi connectivity index (χ0n) is 10.4. The highest BCUT2D eigenvalue weighted by atomic mass is 16.6. The second-order valence-electron chi connectivity index (χ2n) is 4.67. The van der Waals surface area contributed by atoms with Gasteiger partial charge >= 0.3 is 0 Å². The van der Waals surface area contributed by atoms with Crippen molar-refractivity contribution in [2.75, 3.05) is 18.0 Å². The van der Waals surface area contributed by atoms with Gasteiger partial charge in [-0.05, 0) is 25.0 Å². The molecule has 7 nitrogen and oxygen atoms in total. The first kappa shape index (κ1) is 13.3. The second kappa shape index (κ2) is 5.23. The predicted octanol–water partition coefficient (Wildman–Crippen LogP) is 0.621. The molecule has 1 heterocycles. The number of hydrogen-bond donors (Lipinski definition) is 2. The van der Waals surface area contributed by atoms with Gasteiger partial charge < -0.3 is 16.4 Å². The summed E-state index contributed by atoms with van der Waals surface area (Å²) in [4.78, 5) is 23.6. The van der Waals surface area contributed by atoms with Crippen molar-refractivity contribution in [1.82, 2.24) is 0 Å². The zero-order chi connectivity index (χ0) is 14.0. The lowest BCUT2D eigenvalue weighted by atomic mass is 10.0. The van der Waals surface area contributed by atoms with E-state index in [1.165, 1.54) is 12.1 Å². The molecule has 1 aromatic rings. The Kier molecular flexibility index (Phi) is 3.66. The average molecular weight is 264 g/mol. The topological polar surface area (TPSA) is 115 Å². The molecule has 4 N–H and O–H groups in total. The Balaban J connectivity index is 2.38. The molecule has 0 radical (unpaired) electrons. The minimum Gasteiger partial charge on any atom is -0.366 e. The number of nitrogens with two attached hydrogens (primary N) is 2. The third-order valence-electron chi connectivity index (χ3n) is 3.26. The molecule has 1 aromatic carbocycles. The van der Waals surface area contributed by atoms with Gasteiger partial charge in [0.1, 0.15) is 5.69 Å². The van der Waals surface area contributed by atoms with E-state index in [1.54, 1.807) is 6.07 Å². The number of carbonyl (C=O) groups excluding carboxylic acids is 1. The first-order valence-electron chi connectivity index (χ1n) is 6.08. The van der Waals surface area contributed by atoms with Crippen molar-refractivity contribution in [2.24, 2.45) is 11.5 Å². The molecule has 19 heavy (non-hydrogen) atoms. The van der Waals surface area contributed by atoms with Crippen LogP contribution in [0.4, 0.5) is 11.4 Å². The molecular weight excluding hydrogens is 248 g/mol. The van der Waals surface area contributed by atoms with Crippen LogP contribution in [0.3, 0.4) is 0 Å². The molecule has 1 fully saturated rings. The molecule has 1 amide bonds. The van der Waals surface area contributed by atoms with E-state index in [0.717, 1.165) is 19.4 Å². The van der Waals surface area contributed by atoms with Crippen LogP contribution >= 0.6 is 0 Å². The van der Waals surface area contributed by atoms with Crippen LogP contribution in [0, 0.1) is 10.1 Å². The molecule has 0 aliphatic carbocycles. The van der Waals surface area contributed by atoms with Gasteiger partial charge in [-0.25, -0.2) is 0 Å². The monoisotopic (exact) mass is 264 g/mol. The van der Waals surface area contributed by atoms with E-state index >= 15 is 0 Å². The van der Waals surface area contributed by atoms with Gasteiger partial charge in [-0.1, -0.05) is 0 Å². The summed E-state index contributed by atoms with van der Waals surface area (Å²) in [6.45, 7) is 1.31. The zero-order valence-corrected chi connectivity index (χ0v) is 10.4. The third-order valence-corrected chi connectivity index (χ3v) is 3.26. The molecule has 1 atom stereocenters. The van der Waals surface area contributed by atoms with Crippen LogP contribution < -0.4 is 16.4 Å². The lowest BCUT2D eigenvalue weighted by Gasteiger charge is -2.32. The average Bonchev–Trinajstić information content (AvgIpc) is 2.37. The van der Waals surface area contributed by atoms with Gasteiger partial charge in [-0.2, -0.15) is 0 Å². The van der Waals surface area contributed by atoms with Crippen LogP contribution in [0.1, 0.15) is 23.2 Å². The van der Waals surface area contributed by atoms with E-state index < -0.39 is 10.8 Å². The number of amides is 1.